The number of carbonyl (C=O) groups excluding carboxylic acids is 1. The lowest BCUT2D eigenvalue weighted by Crippen LogP contribution is -2.58. The summed E-state index contributed by atoms with van der Waals surface area (Å²) in [6, 6.07) is 0.0242. The van der Waals surface area contributed by atoms with Crippen molar-refractivity contribution in [1.82, 2.24) is 15.1 Å². The average molecular weight is 213 g/mol. The van der Waals surface area contributed by atoms with Gasteiger partial charge in [0, 0.05) is 40.3 Å². The third kappa shape index (κ3) is 3.47. The molecule has 1 amide bonds. The molecule has 0 spiro atoms. The topological polar surface area (TPSA) is 35.6 Å². The molecule has 4 nitrogen and oxygen atoms in total. The summed E-state index contributed by atoms with van der Waals surface area (Å²) < 4.78 is 0. The highest BCUT2D eigenvalue weighted by atomic mass is 16.2. The smallest absolute Gasteiger partial charge is 0.240 e. The Morgan fingerprint density at radius 1 is 1.53 bits per heavy atom. The largest absolute Gasteiger partial charge is 0.347 e. The molecule has 1 atom stereocenters. The summed E-state index contributed by atoms with van der Waals surface area (Å²) in [5.41, 5.74) is 0. The van der Waals surface area contributed by atoms with E-state index in [0.717, 1.165) is 26.2 Å². The van der Waals surface area contributed by atoms with Crippen LogP contribution in [0.5, 0.6) is 0 Å². The van der Waals surface area contributed by atoms with Gasteiger partial charge in [-0.2, -0.15) is 0 Å². The van der Waals surface area contributed by atoms with Gasteiger partial charge in [0.1, 0.15) is 6.04 Å². The van der Waals surface area contributed by atoms with Gasteiger partial charge in [0.05, 0.1) is 0 Å². The fraction of sp³-hybridized carbons (Fsp3) is 0.909. The van der Waals surface area contributed by atoms with Crippen molar-refractivity contribution >= 4 is 5.91 Å². The van der Waals surface area contributed by atoms with Crippen molar-refractivity contribution in [2.24, 2.45) is 5.92 Å². The molecule has 15 heavy (non-hydrogen) atoms. The van der Waals surface area contributed by atoms with Crippen LogP contribution in [0.25, 0.3) is 0 Å². The number of nitrogens with one attached hydrogen (secondary N) is 1. The molecular weight excluding hydrogens is 190 g/mol. The quantitative estimate of drug-likeness (QED) is 0.717. The van der Waals surface area contributed by atoms with Gasteiger partial charge in [-0.3, -0.25) is 9.69 Å². The molecular formula is C11H23N3O. The minimum Gasteiger partial charge on any atom is -0.347 e. The monoisotopic (exact) mass is 213 g/mol. The summed E-state index contributed by atoms with van der Waals surface area (Å²) in [5.74, 6) is 0.823. The van der Waals surface area contributed by atoms with Crippen molar-refractivity contribution in [3.63, 3.8) is 0 Å². The molecule has 88 valence electrons. The molecule has 1 N–H and O–H groups in total. The zero-order chi connectivity index (χ0) is 11.4. The molecule has 0 bridgehead atoms. The van der Waals surface area contributed by atoms with E-state index in [-0.39, 0.29) is 11.9 Å². The second kappa shape index (κ2) is 5.47. The van der Waals surface area contributed by atoms with Crippen molar-refractivity contribution in [2.45, 2.75) is 19.9 Å². The van der Waals surface area contributed by atoms with Gasteiger partial charge < -0.3 is 10.2 Å². The number of hydrogen-bond acceptors (Lipinski definition) is 3. The van der Waals surface area contributed by atoms with Crippen LogP contribution in [0.1, 0.15) is 13.8 Å². The Labute approximate surface area is 92.6 Å². The molecule has 0 aromatic rings. The van der Waals surface area contributed by atoms with Crippen LogP contribution in [0.15, 0.2) is 0 Å². The Bertz CT molecular complexity index is 216. The van der Waals surface area contributed by atoms with Crippen molar-refractivity contribution in [3.05, 3.63) is 0 Å². The lowest BCUT2D eigenvalue weighted by Gasteiger charge is -2.37. The number of nitrogens with zero attached hydrogens (tertiary/aromatic N) is 2. The second-order valence-corrected chi connectivity index (χ2v) is 4.84. The summed E-state index contributed by atoms with van der Waals surface area (Å²) in [6.45, 7) is 8.14. The van der Waals surface area contributed by atoms with Crippen LogP contribution < -0.4 is 5.32 Å². The van der Waals surface area contributed by atoms with Crippen LogP contribution in [-0.4, -0.2) is 62.0 Å². The lowest BCUT2D eigenvalue weighted by atomic mass is 10.1. The van der Waals surface area contributed by atoms with Gasteiger partial charge >= 0.3 is 0 Å². The maximum absolute atomic E-state index is 11.9. The van der Waals surface area contributed by atoms with E-state index < -0.39 is 0 Å². The van der Waals surface area contributed by atoms with Crippen LogP contribution in [-0.2, 0) is 4.79 Å². The van der Waals surface area contributed by atoms with Crippen LogP contribution in [0, 0.1) is 5.92 Å². The van der Waals surface area contributed by atoms with E-state index in [1.807, 2.05) is 14.1 Å². The predicted octanol–water partition coefficient (Wildman–Crippen LogP) is 0.00440. The van der Waals surface area contributed by atoms with Gasteiger partial charge in [-0.25, -0.2) is 0 Å². The zero-order valence-electron chi connectivity index (χ0n) is 10.3. The Kier molecular flexibility index (Phi) is 4.54. The number of rotatable bonds is 3. The summed E-state index contributed by atoms with van der Waals surface area (Å²) in [4.78, 5) is 15.9. The molecule has 1 aliphatic heterocycles. The van der Waals surface area contributed by atoms with E-state index in [2.05, 4.69) is 24.1 Å². The third-order valence-electron chi connectivity index (χ3n) is 2.68. The van der Waals surface area contributed by atoms with Crippen molar-refractivity contribution in [1.29, 1.82) is 0 Å². The fourth-order valence-corrected chi connectivity index (χ4v) is 1.98. The standard InChI is InChI=1S/C11H23N3O/c1-9(2)8-14-6-5-12-7-10(14)11(15)13(3)4/h9-10,12H,5-8H2,1-4H3. The van der Waals surface area contributed by atoms with Gasteiger partial charge in [-0.05, 0) is 5.92 Å². The Balaban J connectivity index is 2.61. The SMILES string of the molecule is CC(C)CN1CCNCC1C(=O)N(C)C. The third-order valence-corrected chi connectivity index (χ3v) is 2.68. The maximum atomic E-state index is 11.9. The molecule has 1 unspecified atom stereocenters. The van der Waals surface area contributed by atoms with Gasteiger partial charge in [-0.15, -0.1) is 0 Å². The first-order chi connectivity index (χ1) is 7.02. The summed E-state index contributed by atoms with van der Waals surface area (Å²) >= 11 is 0. The summed E-state index contributed by atoms with van der Waals surface area (Å²) in [5, 5.41) is 3.28. The fourth-order valence-electron chi connectivity index (χ4n) is 1.98. The van der Waals surface area contributed by atoms with E-state index >= 15 is 0 Å². The van der Waals surface area contributed by atoms with Gasteiger partial charge in [-0.1, -0.05) is 13.8 Å². The molecule has 0 aromatic heterocycles. The van der Waals surface area contributed by atoms with Gasteiger partial charge in [0.15, 0.2) is 0 Å². The minimum atomic E-state index is 0.0242. The molecule has 0 aromatic carbocycles. The highest BCUT2D eigenvalue weighted by molar-refractivity contribution is 5.81. The number of carbonyl (C=O) groups is 1. The van der Waals surface area contributed by atoms with Crippen molar-refractivity contribution < 1.29 is 4.79 Å². The van der Waals surface area contributed by atoms with E-state index in [0.29, 0.717) is 5.92 Å². The van der Waals surface area contributed by atoms with Crippen LogP contribution in [0.3, 0.4) is 0 Å². The summed E-state index contributed by atoms with van der Waals surface area (Å²) in [6.07, 6.45) is 0. The first-order valence-electron chi connectivity index (χ1n) is 5.68. The van der Waals surface area contributed by atoms with Crippen LogP contribution in [0.4, 0.5) is 0 Å². The first kappa shape index (κ1) is 12.5. The van der Waals surface area contributed by atoms with Gasteiger partial charge in [0.25, 0.3) is 0 Å². The van der Waals surface area contributed by atoms with Crippen LogP contribution in [0.2, 0.25) is 0 Å². The average Bonchev–Trinajstić information content (AvgIpc) is 2.16. The molecule has 1 fully saturated rings. The van der Waals surface area contributed by atoms with E-state index in [9.17, 15) is 4.79 Å². The maximum Gasteiger partial charge on any atom is 0.240 e. The number of piperazine rings is 1. The van der Waals surface area contributed by atoms with Crippen molar-refractivity contribution in [3.8, 4) is 0 Å². The molecule has 0 aliphatic carbocycles. The molecule has 0 saturated carbocycles. The molecule has 1 aliphatic rings. The van der Waals surface area contributed by atoms with E-state index in [1.54, 1.807) is 4.90 Å². The van der Waals surface area contributed by atoms with Crippen molar-refractivity contribution in [2.75, 3.05) is 40.3 Å². The zero-order valence-corrected chi connectivity index (χ0v) is 10.3. The molecule has 4 heteroatoms. The Morgan fingerprint density at radius 3 is 2.73 bits per heavy atom. The van der Waals surface area contributed by atoms with E-state index in [4.69, 9.17) is 0 Å². The summed E-state index contributed by atoms with van der Waals surface area (Å²) in [7, 11) is 3.65. The molecule has 1 rings (SSSR count). The normalized spacial score (nSPS) is 23.1. The van der Waals surface area contributed by atoms with Crippen LogP contribution >= 0.6 is 0 Å². The Morgan fingerprint density at radius 2 is 2.20 bits per heavy atom. The number of likely N-dealkylation sites (N-methyl/N-ethyl adjacent to an activating group) is 1. The number of hydrogen-bond donors (Lipinski definition) is 1. The van der Waals surface area contributed by atoms with E-state index in [1.165, 1.54) is 0 Å². The highest BCUT2D eigenvalue weighted by Crippen LogP contribution is 2.08. The first-order valence-corrected chi connectivity index (χ1v) is 5.68. The minimum absolute atomic E-state index is 0.0242. The highest BCUT2D eigenvalue weighted by Gasteiger charge is 2.29. The number of amides is 1. The molecule has 1 saturated heterocycles. The second-order valence-electron chi connectivity index (χ2n) is 4.84. The lowest BCUT2D eigenvalue weighted by molar-refractivity contribution is -0.135. The predicted molar refractivity (Wildman–Crippen MR) is 61.8 cm³/mol. The van der Waals surface area contributed by atoms with Gasteiger partial charge in [0.2, 0.25) is 5.91 Å². The molecule has 0 radical (unpaired) electrons. The molecule has 1 heterocycles. The Hall–Kier alpha value is -0.610.